The van der Waals surface area contributed by atoms with E-state index < -0.39 is 4.92 Å². The summed E-state index contributed by atoms with van der Waals surface area (Å²) in [5.74, 6) is 1.22. The molecule has 2 heterocycles. The van der Waals surface area contributed by atoms with Gasteiger partial charge in [-0.05, 0) is 25.3 Å². The fourth-order valence-electron chi connectivity index (χ4n) is 2.19. The Morgan fingerprint density at radius 2 is 2.48 bits per heavy atom. The second-order valence-electron chi connectivity index (χ2n) is 5.20. The first-order chi connectivity index (χ1) is 10.2. The lowest BCUT2D eigenvalue weighted by atomic mass is 10.1. The van der Waals surface area contributed by atoms with Gasteiger partial charge in [-0.15, -0.1) is 0 Å². The first kappa shape index (κ1) is 15.7. The summed E-state index contributed by atoms with van der Waals surface area (Å²) in [5.41, 5.74) is 0.786. The van der Waals surface area contributed by atoms with E-state index in [1.54, 1.807) is 6.92 Å². The molecule has 0 amide bonds. The van der Waals surface area contributed by atoms with E-state index in [1.165, 1.54) is 12.3 Å². The Labute approximate surface area is 123 Å². The third-order valence-electron chi connectivity index (χ3n) is 3.41. The van der Waals surface area contributed by atoms with Crippen molar-refractivity contribution in [2.24, 2.45) is 5.92 Å². The van der Waals surface area contributed by atoms with Crippen LogP contribution in [0.2, 0.25) is 0 Å². The Bertz CT molecular complexity index is 475. The molecule has 0 aliphatic carbocycles. The molecule has 7 nitrogen and oxygen atoms in total. The number of aromatic nitrogens is 1. The van der Waals surface area contributed by atoms with E-state index in [2.05, 4.69) is 10.3 Å². The zero-order valence-corrected chi connectivity index (χ0v) is 12.2. The van der Waals surface area contributed by atoms with Gasteiger partial charge in [-0.1, -0.05) is 0 Å². The fourth-order valence-corrected chi connectivity index (χ4v) is 2.19. The molecule has 7 heteroatoms. The number of pyridine rings is 1. The molecule has 2 rings (SSSR count). The molecule has 1 N–H and O–H groups in total. The summed E-state index contributed by atoms with van der Waals surface area (Å²) in [5, 5.41) is 13.8. The standard InChI is InChI=1S/C14H21N3O4/c1-11-7-13(17(18)19)8-16-14(11)15-4-2-5-20-9-12-3-6-21-10-12/h7-8,12H,2-6,9-10H2,1H3,(H,15,16)/t12-/m0/s1. The van der Waals surface area contributed by atoms with Gasteiger partial charge in [-0.3, -0.25) is 10.1 Å². The number of rotatable bonds is 8. The molecule has 116 valence electrons. The molecule has 1 aromatic heterocycles. The molecule has 0 unspecified atom stereocenters. The summed E-state index contributed by atoms with van der Waals surface area (Å²) >= 11 is 0. The Balaban J connectivity index is 1.63. The Morgan fingerprint density at radius 1 is 1.62 bits per heavy atom. The maximum absolute atomic E-state index is 10.6. The van der Waals surface area contributed by atoms with Crippen molar-refractivity contribution < 1.29 is 14.4 Å². The van der Waals surface area contributed by atoms with Crippen LogP contribution >= 0.6 is 0 Å². The number of nitrogens with zero attached hydrogens (tertiary/aromatic N) is 2. The topological polar surface area (TPSA) is 86.5 Å². The maximum atomic E-state index is 10.6. The first-order valence-electron chi connectivity index (χ1n) is 7.17. The van der Waals surface area contributed by atoms with Crippen LogP contribution in [0, 0.1) is 23.0 Å². The van der Waals surface area contributed by atoms with Crippen molar-refractivity contribution in [1.82, 2.24) is 4.98 Å². The molecule has 1 fully saturated rings. The normalized spacial score (nSPS) is 17.9. The molecule has 0 spiro atoms. The average molecular weight is 295 g/mol. The van der Waals surface area contributed by atoms with Gasteiger partial charge < -0.3 is 14.8 Å². The van der Waals surface area contributed by atoms with Gasteiger partial charge in [-0.2, -0.15) is 0 Å². The van der Waals surface area contributed by atoms with Gasteiger partial charge in [-0.25, -0.2) is 4.98 Å². The van der Waals surface area contributed by atoms with Crippen LogP contribution in [0.5, 0.6) is 0 Å². The number of aryl methyl sites for hydroxylation is 1. The summed E-state index contributed by atoms with van der Waals surface area (Å²) < 4.78 is 10.9. The van der Waals surface area contributed by atoms with Crippen molar-refractivity contribution in [2.75, 3.05) is 38.3 Å². The van der Waals surface area contributed by atoms with E-state index in [0.29, 0.717) is 18.3 Å². The van der Waals surface area contributed by atoms with E-state index >= 15 is 0 Å². The Kier molecular flexibility index (Phi) is 5.89. The zero-order chi connectivity index (χ0) is 15.1. The molecule has 1 saturated heterocycles. The third kappa shape index (κ3) is 4.95. The fraction of sp³-hybridized carbons (Fsp3) is 0.643. The van der Waals surface area contributed by atoms with Gasteiger partial charge in [0.25, 0.3) is 5.69 Å². The molecule has 0 radical (unpaired) electrons. The molecule has 1 aromatic rings. The van der Waals surface area contributed by atoms with E-state index in [9.17, 15) is 10.1 Å². The van der Waals surface area contributed by atoms with Crippen LogP contribution in [-0.2, 0) is 9.47 Å². The van der Waals surface area contributed by atoms with Gasteiger partial charge in [0.1, 0.15) is 12.0 Å². The van der Waals surface area contributed by atoms with Crippen molar-refractivity contribution in [1.29, 1.82) is 0 Å². The minimum Gasteiger partial charge on any atom is -0.381 e. The Hall–Kier alpha value is -1.73. The summed E-state index contributed by atoms with van der Waals surface area (Å²) in [7, 11) is 0. The third-order valence-corrected chi connectivity index (χ3v) is 3.41. The number of nitro groups is 1. The summed E-state index contributed by atoms with van der Waals surface area (Å²) in [6.45, 7) is 5.64. The van der Waals surface area contributed by atoms with Crippen LogP contribution in [0.3, 0.4) is 0 Å². The summed E-state index contributed by atoms with van der Waals surface area (Å²) in [6, 6.07) is 1.52. The van der Waals surface area contributed by atoms with Crippen LogP contribution in [0.15, 0.2) is 12.3 Å². The van der Waals surface area contributed by atoms with Crippen molar-refractivity contribution in [2.45, 2.75) is 19.8 Å². The number of ether oxygens (including phenoxy) is 2. The smallest absolute Gasteiger partial charge is 0.287 e. The second-order valence-corrected chi connectivity index (χ2v) is 5.20. The predicted molar refractivity (Wildman–Crippen MR) is 78.5 cm³/mol. The monoisotopic (exact) mass is 295 g/mol. The molecule has 21 heavy (non-hydrogen) atoms. The Morgan fingerprint density at radius 3 is 3.14 bits per heavy atom. The maximum Gasteiger partial charge on any atom is 0.287 e. The van der Waals surface area contributed by atoms with Crippen molar-refractivity contribution >= 4 is 11.5 Å². The first-order valence-corrected chi connectivity index (χ1v) is 7.17. The van der Waals surface area contributed by atoms with Crippen LogP contribution in [0.4, 0.5) is 11.5 Å². The van der Waals surface area contributed by atoms with Crippen LogP contribution in [0.25, 0.3) is 0 Å². The highest BCUT2D eigenvalue weighted by atomic mass is 16.6. The number of hydrogen-bond donors (Lipinski definition) is 1. The van der Waals surface area contributed by atoms with Gasteiger partial charge in [0.2, 0.25) is 0 Å². The van der Waals surface area contributed by atoms with Gasteiger partial charge in [0.05, 0.1) is 18.1 Å². The largest absolute Gasteiger partial charge is 0.381 e. The molecular formula is C14H21N3O4. The SMILES string of the molecule is Cc1cc([N+](=O)[O-])cnc1NCCCOC[C@@H]1CCOC1. The van der Waals surface area contributed by atoms with E-state index in [0.717, 1.165) is 44.8 Å². The molecule has 0 saturated carbocycles. The van der Waals surface area contributed by atoms with Crippen LogP contribution in [-0.4, -0.2) is 42.9 Å². The van der Waals surface area contributed by atoms with Crippen molar-refractivity contribution in [3.63, 3.8) is 0 Å². The number of hydrogen-bond acceptors (Lipinski definition) is 6. The van der Waals surface area contributed by atoms with E-state index in [-0.39, 0.29) is 5.69 Å². The summed E-state index contributed by atoms with van der Waals surface area (Å²) in [6.07, 6.45) is 3.22. The highest BCUT2D eigenvalue weighted by Crippen LogP contribution is 2.17. The molecule has 1 aliphatic heterocycles. The van der Waals surface area contributed by atoms with Crippen molar-refractivity contribution in [3.05, 3.63) is 27.9 Å². The highest BCUT2D eigenvalue weighted by Gasteiger charge is 2.15. The highest BCUT2D eigenvalue weighted by molar-refractivity contribution is 5.48. The second kappa shape index (κ2) is 7.90. The molecule has 1 aliphatic rings. The molecular weight excluding hydrogens is 274 g/mol. The number of anilines is 1. The lowest BCUT2D eigenvalue weighted by molar-refractivity contribution is -0.385. The van der Waals surface area contributed by atoms with Gasteiger partial charge in [0.15, 0.2) is 0 Å². The van der Waals surface area contributed by atoms with Crippen molar-refractivity contribution in [3.8, 4) is 0 Å². The lowest BCUT2D eigenvalue weighted by Crippen LogP contribution is -2.12. The molecule has 1 atom stereocenters. The predicted octanol–water partition coefficient (Wildman–Crippen LogP) is 2.15. The quantitative estimate of drug-likeness (QED) is 0.449. The zero-order valence-electron chi connectivity index (χ0n) is 12.2. The molecule has 0 bridgehead atoms. The van der Waals surface area contributed by atoms with Crippen LogP contribution < -0.4 is 5.32 Å². The average Bonchev–Trinajstić information content (AvgIpc) is 2.97. The molecule has 0 aromatic carbocycles. The minimum atomic E-state index is -0.440. The van der Waals surface area contributed by atoms with Gasteiger partial charge >= 0.3 is 0 Å². The lowest BCUT2D eigenvalue weighted by Gasteiger charge is -2.10. The van der Waals surface area contributed by atoms with E-state index in [4.69, 9.17) is 9.47 Å². The van der Waals surface area contributed by atoms with E-state index in [1.807, 2.05) is 0 Å². The summed E-state index contributed by atoms with van der Waals surface area (Å²) in [4.78, 5) is 14.3. The van der Waals surface area contributed by atoms with Crippen LogP contribution in [0.1, 0.15) is 18.4 Å². The minimum absolute atomic E-state index is 0.0140. The number of nitrogens with one attached hydrogen (secondary N) is 1. The van der Waals surface area contributed by atoms with Gasteiger partial charge in [0, 0.05) is 31.7 Å².